The first-order valence-corrected chi connectivity index (χ1v) is 5.16. The van der Waals surface area contributed by atoms with Crippen LogP contribution in [0.2, 0.25) is 0 Å². The van der Waals surface area contributed by atoms with Crippen LogP contribution in [-0.4, -0.2) is 35.7 Å². The zero-order valence-corrected chi connectivity index (χ0v) is 9.64. The standard InChI is InChI=1S/C10H18N4O2/c1-8(10(11)15)14-7-13-6-9(14)5-12-3-4-16-2/h6-8,12H,3-5H2,1-2H3,(H2,11,15). The van der Waals surface area contributed by atoms with E-state index in [0.29, 0.717) is 13.2 Å². The van der Waals surface area contributed by atoms with Gasteiger partial charge in [0.1, 0.15) is 6.04 Å². The van der Waals surface area contributed by atoms with Crippen molar-refractivity contribution in [3.8, 4) is 0 Å². The lowest BCUT2D eigenvalue weighted by molar-refractivity contribution is -0.120. The molecule has 3 N–H and O–H groups in total. The summed E-state index contributed by atoms with van der Waals surface area (Å²) < 4.78 is 6.68. The smallest absolute Gasteiger partial charge is 0.240 e. The lowest BCUT2D eigenvalue weighted by Crippen LogP contribution is -2.27. The molecule has 0 aliphatic carbocycles. The molecular formula is C10H18N4O2. The van der Waals surface area contributed by atoms with Crippen LogP contribution in [0, 0.1) is 0 Å². The van der Waals surface area contributed by atoms with Crippen molar-refractivity contribution in [3.63, 3.8) is 0 Å². The second-order valence-corrected chi connectivity index (χ2v) is 3.54. The van der Waals surface area contributed by atoms with E-state index in [2.05, 4.69) is 10.3 Å². The number of hydrogen-bond acceptors (Lipinski definition) is 4. The number of carbonyl (C=O) groups excluding carboxylic acids is 1. The van der Waals surface area contributed by atoms with Crippen LogP contribution in [0.4, 0.5) is 0 Å². The van der Waals surface area contributed by atoms with E-state index >= 15 is 0 Å². The zero-order valence-electron chi connectivity index (χ0n) is 9.64. The molecule has 0 saturated carbocycles. The van der Waals surface area contributed by atoms with Crippen molar-refractivity contribution < 1.29 is 9.53 Å². The molecule has 0 aliphatic heterocycles. The van der Waals surface area contributed by atoms with Gasteiger partial charge in [-0.3, -0.25) is 4.79 Å². The van der Waals surface area contributed by atoms with Crippen LogP contribution < -0.4 is 11.1 Å². The Morgan fingerprint density at radius 3 is 3.12 bits per heavy atom. The Kier molecular flexibility index (Phi) is 4.94. The molecule has 0 saturated heterocycles. The molecule has 1 aromatic heterocycles. The summed E-state index contributed by atoms with van der Waals surface area (Å²) in [7, 11) is 1.65. The molecule has 1 unspecified atom stereocenters. The van der Waals surface area contributed by atoms with E-state index in [-0.39, 0.29) is 11.9 Å². The lowest BCUT2D eigenvalue weighted by atomic mass is 10.3. The summed E-state index contributed by atoms with van der Waals surface area (Å²) in [4.78, 5) is 15.1. The highest BCUT2D eigenvalue weighted by atomic mass is 16.5. The van der Waals surface area contributed by atoms with Crippen molar-refractivity contribution in [2.24, 2.45) is 5.73 Å². The number of aromatic nitrogens is 2. The van der Waals surface area contributed by atoms with Gasteiger partial charge < -0.3 is 20.4 Å². The Balaban J connectivity index is 2.53. The number of carbonyl (C=O) groups is 1. The summed E-state index contributed by atoms with van der Waals surface area (Å²) in [6.07, 6.45) is 3.34. The van der Waals surface area contributed by atoms with Crippen molar-refractivity contribution in [1.29, 1.82) is 0 Å². The minimum atomic E-state index is -0.373. The van der Waals surface area contributed by atoms with Crippen molar-refractivity contribution in [1.82, 2.24) is 14.9 Å². The third-order valence-electron chi connectivity index (χ3n) is 2.36. The minimum Gasteiger partial charge on any atom is -0.383 e. The van der Waals surface area contributed by atoms with Crippen molar-refractivity contribution in [3.05, 3.63) is 18.2 Å². The van der Waals surface area contributed by atoms with Crippen LogP contribution in [0.25, 0.3) is 0 Å². The van der Waals surface area contributed by atoms with Gasteiger partial charge in [0.05, 0.1) is 18.6 Å². The number of methoxy groups -OCH3 is 1. The molecule has 6 heteroatoms. The van der Waals surface area contributed by atoms with E-state index in [1.54, 1.807) is 31.1 Å². The number of imidazole rings is 1. The first kappa shape index (κ1) is 12.7. The predicted octanol–water partition coefficient (Wildman–Crippen LogP) is -0.335. The lowest BCUT2D eigenvalue weighted by Gasteiger charge is -2.13. The van der Waals surface area contributed by atoms with Gasteiger partial charge in [-0.2, -0.15) is 0 Å². The second-order valence-electron chi connectivity index (χ2n) is 3.54. The van der Waals surface area contributed by atoms with Gasteiger partial charge in [-0.15, -0.1) is 0 Å². The van der Waals surface area contributed by atoms with E-state index in [9.17, 15) is 4.79 Å². The fourth-order valence-electron chi connectivity index (χ4n) is 1.35. The van der Waals surface area contributed by atoms with E-state index in [1.807, 2.05) is 0 Å². The highest BCUT2D eigenvalue weighted by Gasteiger charge is 2.13. The molecule has 0 radical (unpaired) electrons. The first-order valence-electron chi connectivity index (χ1n) is 5.16. The number of nitrogens with one attached hydrogen (secondary N) is 1. The summed E-state index contributed by atoms with van der Waals surface area (Å²) in [5.41, 5.74) is 6.18. The van der Waals surface area contributed by atoms with Crippen LogP contribution in [0.5, 0.6) is 0 Å². The van der Waals surface area contributed by atoms with Crippen LogP contribution in [0.1, 0.15) is 18.7 Å². The Hall–Kier alpha value is -1.40. The number of ether oxygens (including phenoxy) is 1. The highest BCUT2D eigenvalue weighted by molar-refractivity contribution is 5.77. The molecule has 16 heavy (non-hydrogen) atoms. The minimum absolute atomic E-state index is 0.365. The fraction of sp³-hybridized carbons (Fsp3) is 0.600. The SMILES string of the molecule is COCCNCc1cncn1C(C)C(N)=O. The number of amides is 1. The van der Waals surface area contributed by atoms with E-state index < -0.39 is 0 Å². The fourth-order valence-corrected chi connectivity index (χ4v) is 1.35. The Labute approximate surface area is 94.8 Å². The molecule has 0 aliphatic rings. The Morgan fingerprint density at radius 2 is 2.50 bits per heavy atom. The van der Waals surface area contributed by atoms with Gasteiger partial charge >= 0.3 is 0 Å². The summed E-state index contributed by atoms with van der Waals surface area (Å²) in [5.74, 6) is -0.365. The summed E-state index contributed by atoms with van der Waals surface area (Å²) in [5, 5.41) is 3.18. The number of nitrogens with zero attached hydrogens (tertiary/aromatic N) is 2. The quantitative estimate of drug-likeness (QED) is 0.623. The molecule has 0 fully saturated rings. The molecule has 1 heterocycles. The number of primary amides is 1. The zero-order chi connectivity index (χ0) is 12.0. The number of nitrogens with two attached hydrogens (primary N) is 1. The van der Waals surface area contributed by atoms with Crippen molar-refractivity contribution in [2.75, 3.05) is 20.3 Å². The maximum atomic E-state index is 11.1. The molecule has 6 nitrogen and oxygen atoms in total. The first-order chi connectivity index (χ1) is 7.66. The maximum absolute atomic E-state index is 11.1. The predicted molar refractivity (Wildman–Crippen MR) is 59.7 cm³/mol. The largest absolute Gasteiger partial charge is 0.383 e. The van der Waals surface area contributed by atoms with E-state index in [1.165, 1.54) is 0 Å². The van der Waals surface area contributed by atoms with Gasteiger partial charge in [-0.05, 0) is 6.92 Å². The number of hydrogen-bond donors (Lipinski definition) is 2. The number of rotatable bonds is 7. The molecular weight excluding hydrogens is 208 g/mol. The molecule has 0 spiro atoms. The van der Waals surface area contributed by atoms with Crippen LogP contribution in [-0.2, 0) is 16.1 Å². The third kappa shape index (κ3) is 3.32. The van der Waals surface area contributed by atoms with Crippen molar-refractivity contribution >= 4 is 5.91 Å². The van der Waals surface area contributed by atoms with Gasteiger partial charge in [0.2, 0.25) is 5.91 Å². The molecule has 1 atom stereocenters. The Bertz CT molecular complexity index is 337. The molecule has 0 bridgehead atoms. The monoisotopic (exact) mass is 226 g/mol. The van der Waals surface area contributed by atoms with Gasteiger partial charge in [-0.1, -0.05) is 0 Å². The maximum Gasteiger partial charge on any atom is 0.240 e. The van der Waals surface area contributed by atoms with Gasteiger partial charge in [0, 0.05) is 26.4 Å². The van der Waals surface area contributed by atoms with Gasteiger partial charge in [0.15, 0.2) is 0 Å². The molecule has 1 rings (SSSR count). The average Bonchev–Trinajstić information content (AvgIpc) is 2.71. The molecule has 1 amide bonds. The van der Waals surface area contributed by atoms with Crippen LogP contribution in [0.3, 0.4) is 0 Å². The molecule has 1 aromatic rings. The third-order valence-corrected chi connectivity index (χ3v) is 2.36. The highest BCUT2D eigenvalue weighted by Crippen LogP contribution is 2.08. The topological polar surface area (TPSA) is 82.2 Å². The molecule has 0 aromatic carbocycles. The van der Waals surface area contributed by atoms with Crippen LogP contribution >= 0.6 is 0 Å². The van der Waals surface area contributed by atoms with Gasteiger partial charge in [-0.25, -0.2) is 4.98 Å². The Morgan fingerprint density at radius 1 is 1.75 bits per heavy atom. The van der Waals surface area contributed by atoms with E-state index in [4.69, 9.17) is 10.5 Å². The van der Waals surface area contributed by atoms with E-state index in [0.717, 1.165) is 12.2 Å². The van der Waals surface area contributed by atoms with Crippen molar-refractivity contribution in [2.45, 2.75) is 19.5 Å². The average molecular weight is 226 g/mol. The summed E-state index contributed by atoms with van der Waals surface area (Å²) >= 11 is 0. The van der Waals surface area contributed by atoms with Gasteiger partial charge in [0.25, 0.3) is 0 Å². The summed E-state index contributed by atoms with van der Waals surface area (Å²) in [6.45, 7) is 3.80. The van der Waals surface area contributed by atoms with Crippen LogP contribution in [0.15, 0.2) is 12.5 Å². The normalized spacial score (nSPS) is 12.6. The molecule has 90 valence electrons. The second kappa shape index (κ2) is 6.24. The summed E-state index contributed by atoms with van der Waals surface area (Å²) in [6, 6.07) is -0.373.